The Morgan fingerprint density at radius 2 is 1.83 bits per heavy atom. The van der Waals surface area contributed by atoms with Crippen LogP contribution in [-0.4, -0.2) is 20.1 Å². The van der Waals surface area contributed by atoms with Gasteiger partial charge in [0.25, 0.3) is 0 Å². The maximum atomic E-state index is 12.5. The average Bonchev–Trinajstić information content (AvgIpc) is 2.60. The molecule has 1 unspecified atom stereocenters. The Morgan fingerprint density at radius 3 is 2.43 bits per heavy atom. The van der Waals surface area contributed by atoms with Crippen molar-refractivity contribution in [2.45, 2.75) is 19.0 Å². The van der Waals surface area contributed by atoms with Crippen molar-refractivity contribution in [1.29, 1.82) is 0 Å². The number of methoxy groups -OCH3 is 2. The van der Waals surface area contributed by atoms with Crippen LogP contribution in [0.3, 0.4) is 0 Å². The molecule has 3 N–H and O–H groups in total. The number of hydrogen-bond acceptors (Lipinski definition) is 4. The lowest BCUT2D eigenvalue weighted by molar-refractivity contribution is -0.126. The summed E-state index contributed by atoms with van der Waals surface area (Å²) in [7, 11) is 3.17. The van der Waals surface area contributed by atoms with Crippen LogP contribution in [0.15, 0.2) is 48.5 Å². The molecule has 0 aromatic heterocycles. The third-order valence-corrected chi connectivity index (χ3v) is 3.78. The van der Waals surface area contributed by atoms with Crippen molar-refractivity contribution in [1.82, 2.24) is 5.32 Å². The molecule has 2 aromatic carbocycles. The van der Waals surface area contributed by atoms with E-state index in [1.54, 1.807) is 27.2 Å². The van der Waals surface area contributed by atoms with E-state index in [-0.39, 0.29) is 5.91 Å². The molecular formula is C18H22N2O3. The molecule has 0 aliphatic heterocycles. The summed E-state index contributed by atoms with van der Waals surface area (Å²) >= 11 is 0. The zero-order chi connectivity index (χ0) is 16.9. The highest BCUT2D eigenvalue weighted by Gasteiger charge is 2.30. The van der Waals surface area contributed by atoms with E-state index < -0.39 is 5.54 Å². The molecule has 0 aliphatic rings. The first kappa shape index (κ1) is 16.8. The van der Waals surface area contributed by atoms with Gasteiger partial charge in [0.05, 0.1) is 14.2 Å². The van der Waals surface area contributed by atoms with Gasteiger partial charge in [-0.2, -0.15) is 0 Å². The first-order valence-corrected chi connectivity index (χ1v) is 7.32. The maximum Gasteiger partial charge on any atom is 0.244 e. The fourth-order valence-corrected chi connectivity index (χ4v) is 2.27. The largest absolute Gasteiger partial charge is 0.497 e. The average molecular weight is 314 g/mol. The van der Waals surface area contributed by atoms with Crippen LogP contribution in [0, 0.1) is 0 Å². The van der Waals surface area contributed by atoms with E-state index in [9.17, 15) is 4.79 Å². The van der Waals surface area contributed by atoms with Crippen molar-refractivity contribution in [2.24, 2.45) is 5.73 Å². The third-order valence-electron chi connectivity index (χ3n) is 3.78. The van der Waals surface area contributed by atoms with E-state index in [1.165, 1.54) is 0 Å². The number of nitrogens with one attached hydrogen (secondary N) is 1. The van der Waals surface area contributed by atoms with Crippen molar-refractivity contribution in [3.63, 3.8) is 0 Å². The summed E-state index contributed by atoms with van der Waals surface area (Å²) in [5.74, 6) is 1.11. The molecule has 0 fully saturated rings. The summed E-state index contributed by atoms with van der Waals surface area (Å²) in [6.07, 6.45) is 0. The van der Waals surface area contributed by atoms with E-state index in [4.69, 9.17) is 15.2 Å². The van der Waals surface area contributed by atoms with Crippen molar-refractivity contribution in [2.75, 3.05) is 14.2 Å². The molecule has 0 saturated heterocycles. The van der Waals surface area contributed by atoms with E-state index in [2.05, 4.69) is 5.32 Å². The van der Waals surface area contributed by atoms with Crippen molar-refractivity contribution >= 4 is 5.91 Å². The predicted octanol–water partition coefficient (Wildman–Crippen LogP) is 2.19. The minimum Gasteiger partial charge on any atom is -0.497 e. The topological polar surface area (TPSA) is 73.6 Å². The molecule has 0 spiro atoms. The molecule has 0 heterocycles. The summed E-state index contributed by atoms with van der Waals surface area (Å²) < 4.78 is 10.5. The lowest BCUT2D eigenvalue weighted by Crippen LogP contribution is -2.48. The molecule has 1 amide bonds. The molecule has 0 radical (unpaired) electrons. The first-order valence-electron chi connectivity index (χ1n) is 7.32. The maximum absolute atomic E-state index is 12.5. The van der Waals surface area contributed by atoms with Crippen molar-refractivity contribution in [3.05, 3.63) is 59.7 Å². The fraction of sp³-hybridized carbons (Fsp3) is 0.278. The van der Waals surface area contributed by atoms with Crippen LogP contribution in [0.2, 0.25) is 0 Å². The van der Waals surface area contributed by atoms with Crippen molar-refractivity contribution in [3.8, 4) is 11.5 Å². The van der Waals surface area contributed by atoms with Gasteiger partial charge >= 0.3 is 0 Å². The summed E-state index contributed by atoms with van der Waals surface area (Å²) in [5, 5.41) is 2.87. The van der Waals surface area contributed by atoms with E-state index in [0.717, 1.165) is 11.1 Å². The Morgan fingerprint density at radius 1 is 1.13 bits per heavy atom. The van der Waals surface area contributed by atoms with Crippen LogP contribution in [0.4, 0.5) is 0 Å². The van der Waals surface area contributed by atoms with Crippen molar-refractivity contribution < 1.29 is 14.3 Å². The molecule has 122 valence electrons. The van der Waals surface area contributed by atoms with E-state index >= 15 is 0 Å². The zero-order valence-electron chi connectivity index (χ0n) is 13.6. The van der Waals surface area contributed by atoms with Gasteiger partial charge in [0.1, 0.15) is 17.0 Å². The van der Waals surface area contributed by atoms with Crippen LogP contribution in [0.1, 0.15) is 18.1 Å². The highest BCUT2D eigenvalue weighted by Crippen LogP contribution is 2.25. The highest BCUT2D eigenvalue weighted by molar-refractivity contribution is 5.87. The van der Waals surface area contributed by atoms with Gasteiger partial charge in [-0.25, -0.2) is 0 Å². The van der Waals surface area contributed by atoms with Gasteiger partial charge in [-0.3, -0.25) is 4.79 Å². The number of hydrogen-bond donors (Lipinski definition) is 2. The standard InChI is InChI=1S/C18H22N2O3/c1-18(19,14-7-5-4-6-8-14)17(21)20-12-13-9-10-15(22-2)11-16(13)23-3/h4-11H,12,19H2,1-3H3,(H,20,21). The number of amides is 1. The Hall–Kier alpha value is -2.53. The van der Waals surface area contributed by atoms with Gasteiger partial charge in [-0.1, -0.05) is 30.3 Å². The van der Waals surface area contributed by atoms with Crippen LogP contribution < -0.4 is 20.5 Å². The predicted molar refractivity (Wildman–Crippen MR) is 89.4 cm³/mol. The second-order valence-corrected chi connectivity index (χ2v) is 5.43. The van der Waals surface area contributed by atoms with Gasteiger partial charge in [0, 0.05) is 18.2 Å². The van der Waals surface area contributed by atoms with Gasteiger partial charge in [-0.05, 0) is 24.6 Å². The SMILES string of the molecule is COc1ccc(CNC(=O)C(C)(N)c2ccccc2)c(OC)c1. The van der Waals surface area contributed by atoms with Crippen LogP contribution in [-0.2, 0) is 16.9 Å². The van der Waals surface area contributed by atoms with Crippen LogP contribution in [0.5, 0.6) is 11.5 Å². The quantitative estimate of drug-likeness (QED) is 0.857. The fourth-order valence-electron chi connectivity index (χ4n) is 2.27. The lowest BCUT2D eigenvalue weighted by atomic mass is 9.92. The molecule has 2 aromatic rings. The Labute approximate surface area is 136 Å². The Kier molecular flexibility index (Phi) is 5.24. The molecular weight excluding hydrogens is 292 g/mol. The molecule has 1 atom stereocenters. The number of nitrogens with two attached hydrogens (primary N) is 1. The number of rotatable bonds is 6. The molecule has 2 rings (SSSR count). The van der Waals surface area contributed by atoms with Crippen LogP contribution >= 0.6 is 0 Å². The molecule has 0 aliphatic carbocycles. The van der Waals surface area contributed by atoms with E-state index in [0.29, 0.717) is 18.0 Å². The monoisotopic (exact) mass is 314 g/mol. The molecule has 23 heavy (non-hydrogen) atoms. The number of carbonyl (C=O) groups excluding carboxylic acids is 1. The summed E-state index contributed by atoms with van der Waals surface area (Å²) in [6, 6.07) is 14.7. The second kappa shape index (κ2) is 7.15. The van der Waals surface area contributed by atoms with Gasteiger partial charge < -0.3 is 20.5 Å². The zero-order valence-corrected chi connectivity index (χ0v) is 13.6. The van der Waals surface area contributed by atoms with Crippen LogP contribution in [0.25, 0.3) is 0 Å². The molecule has 5 heteroatoms. The van der Waals surface area contributed by atoms with Gasteiger partial charge in [0.2, 0.25) is 5.91 Å². The lowest BCUT2D eigenvalue weighted by Gasteiger charge is -2.24. The number of carbonyl (C=O) groups is 1. The van der Waals surface area contributed by atoms with Gasteiger partial charge in [0.15, 0.2) is 0 Å². The summed E-state index contributed by atoms with van der Waals surface area (Å²) in [6.45, 7) is 2.02. The Balaban J connectivity index is 2.10. The summed E-state index contributed by atoms with van der Waals surface area (Å²) in [4.78, 5) is 12.5. The smallest absolute Gasteiger partial charge is 0.244 e. The Bertz CT molecular complexity index is 669. The summed E-state index contributed by atoms with van der Waals surface area (Å²) in [5.41, 5.74) is 6.72. The minimum atomic E-state index is -1.10. The number of ether oxygens (including phenoxy) is 2. The van der Waals surface area contributed by atoms with Gasteiger partial charge in [-0.15, -0.1) is 0 Å². The molecule has 5 nitrogen and oxygen atoms in total. The number of benzene rings is 2. The third kappa shape index (κ3) is 3.81. The minimum absolute atomic E-state index is 0.249. The van der Waals surface area contributed by atoms with E-state index in [1.807, 2.05) is 42.5 Å². The normalized spacial score (nSPS) is 13.0. The highest BCUT2D eigenvalue weighted by atomic mass is 16.5. The molecule has 0 saturated carbocycles. The molecule has 0 bridgehead atoms. The second-order valence-electron chi connectivity index (χ2n) is 5.43. The first-order chi connectivity index (χ1) is 11.0.